The number of nitrogens with zero attached hydrogens (tertiary/aromatic N) is 2. The average Bonchev–Trinajstić information content (AvgIpc) is 3.28. The van der Waals surface area contributed by atoms with E-state index in [9.17, 15) is 4.79 Å². The lowest BCUT2D eigenvalue weighted by molar-refractivity contribution is 0.0696. The summed E-state index contributed by atoms with van der Waals surface area (Å²) in [6.45, 7) is 4.71. The van der Waals surface area contributed by atoms with Crippen molar-refractivity contribution in [2.24, 2.45) is 0 Å². The molecule has 2 aromatic heterocycles. The van der Waals surface area contributed by atoms with E-state index in [1.807, 2.05) is 43.3 Å². The maximum Gasteiger partial charge on any atom is 0.290 e. The first kappa shape index (κ1) is 20.9. The third-order valence-electron chi connectivity index (χ3n) is 5.25. The van der Waals surface area contributed by atoms with Gasteiger partial charge < -0.3 is 14.1 Å². The van der Waals surface area contributed by atoms with Crippen LogP contribution in [-0.2, 0) is 13.1 Å². The number of aryl methyl sites for hydroxylation is 2. The topological polar surface area (TPSA) is 55.6 Å². The lowest BCUT2D eigenvalue weighted by Crippen LogP contribution is -2.30. The van der Waals surface area contributed by atoms with Crippen molar-refractivity contribution in [2.45, 2.75) is 26.9 Å². The molecule has 0 spiro atoms. The summed E-state index contributed by atoms with van der Waals surface area (Å²) in [5.74, 6) is 0.757. The number of pyridine rings is 1. The lowest BCUT2D eigenvalue weighted by Gasteiger charge is -2.23. The van der Waals surface area contributed by atoms with Gasteiger partial charge >= 0.3 is 0 Å². The molecule has 5 nitrogen and oxygen atoms in total. The van der Waals surface area contributed by atoms with Crippen LogP contribution in [0.1, 0.15) is 32.8 Å². The number of fused-ring (bicyclic) bond motifs is 1. The van der Waals surface area contributed by atoms with Crippen LogP contribution in [0.25, 0.3) is 10.9 Å². The zero-order valence-electron chi connectivity index (χ0n) is 17.7. The molecule has 4 rings (SSSR count). The summed E-state index contributed by atoms with van der Waals surface area (Å²) in [7, 11) is 1.62. The summed E-state index contributed by atoms with van der Waals surface area (Å²) in [6.07, 6.45) is 1.49. The molecule has 0 aliphatic rings. The monoisotopic (exact) mass is 434 g/mol. The van der Waals surface area contributed by atoms with E-state index in [4.69, 9.17) is 20.8 Å². The lowest BCUT2D eigenvalue weighted by atomic mass is 10.0. The van der Waals surface area contributed by atoms with Crippen LogP contribution in [0.15, 0.2) is 65.3 Å². The highest BCUT2D eigenvalue weighted by Gasteiger charge is 2.22. The van der Waals surface area contributed by atoms with Gasteiger partial charge in [-0.15, -0.1) is 0 Å². The molecule has 0 bridgehead atoms. The van der Waals surface area contributed by atoms with Crippen molar-refractivity contribution in [3.8, 4) is 5.75 Å². The highest BCUT2D eigenvalue weighted by Crippen LogP contribution is 2.27. The van der Waals surface area contributed by atoms with Crippen molar-refractivity contribution in [3.05, 3.63) is 94.0 Å². The Balaban J connectivity index is 1.74. The van der Waals surface area contributed by atoms with Crippen molar-refractivity contribution in [2.75, 3.05) is 7.11 Å². The molecule has 0 N–H and O–H groups in total. The van der Waals surface area contributed by atoms with Gasteiger partial charge in [0.2, 0.25) is 0 Å². The molecule has 2 heterocycles. The Hall–Kier alpha value is -3.31. The van der Waals surface area contributed by atoms with Crippen molar-refractivity contribution >= 4 is 28.4 Å². The number of benzene rings is 2. The van der Waals surface area contributed by atoms with Crippen LogP contribution < -0.4 is 4.74 Å². The van der Waals surface area contributed by atoms with Gasteiger partial charge in [0, 0.05) is 23.1 Å². The van der Waals surface area contributed by atoms with E-state index in [0.717, 1.165) is 33.2 Å². The van der Waals surface area contributed by atoms with E-state index in [1.54, 1.807) is 24.1 Å². The molecular formula is C25H23ClN2O3. The fourth-order valence-electron chi connectivity index (χ4n) is 3.76. The number of carbonyl (C=O) groups is 1. The second-order valence-electron chi connectivity index (χ2n) is 7.54. The second kappa shape index (κ2) is 8.82. The number of ether oxygens (including phenoxy) is 1. The van der Waals surface area contributed by atoms with Crippen LogP contribution in [0.4, 0.5) is 0 Å². The molecule has 31 heavy (non-hydrogen) atoms. The van der Waals surface area contributed by atoms with Gasteiger partial charge in [-0.3, -0.25) is 4.79 Å². The first-order chi connectivity index (χ1) is 15.0. The third-order valence-corrected chi connectivity index (χ3v) is 5.57. The number of rotatable bonds is 6. The number of aromatic nitrogens is 1. The first-order valence-electron chi connectivity index (χ1n) is 9.97. The van der Waals surface area contributed by atoms with Gasteiger partial charge in [-0.1, -0.05) is 35.9 Å². The average molecular weight is 435 g/mol. The second-order valence-corrected chi connectivity index (χ2v) is 7.90. The molecule has 0 unspecified atom stereocenters. The number of methoxy groups -OCH3 is 1. The van der Waals surface area contributed by atoms with Gasteiger partial charge in [-0.25, -0.2) is 4.98 Å². The number of hydrogen-bond acceptors (Lipinski definition) is 4. The molecule has 4 aromatic rings. The standard InChI is InChI=1S/C25H23ClN2O3/c1-16-11-17(2)20-13-19(24(26)27-21(20)12-16)15-28(25(29)23-9-6-10-31-23)14-18-7-4-5-8-22(18)30-3/h4-13H,14-15H2,1-3H3. The third kappa shape index (κ3) is 4.42. The number of para-hydroxylation sites is 1. The van der Waals surface area contributed by atoms with E-state index in [0.29, 0.717) is 17.4 Å². The smallest absolute Gasteiger partial charge is 0.290 e. The van der Waals surface area contributed by atoms with Crippen molar-refractivity contribution in [3.63, 3.8) is 0 Å². The SMILES string of the molecule is COc1ccccc1CN(Cc1cc2c(C)cc(C)cc2nc1Cl)C(=O)c1ccco1. The summed E-state index contributed by atoms with van der Waals surface area (Å²) in [6, 6.07) is 17.1. The molecule has 6 heteroatoms. The Bertz CT molecular complexity index is 1240. The Morgan fingerprint density at radius 1 is 1.06 bits per heavy atom. The van der Waals surface area contributed by atoms with E-state index in [-0.39, 0.29) is 18.2 Å². The Morgan fingerprint density at radius 2 is 1.84 bits per heavy atom. The van der Waals surface area contributed by atoms with Crippen LogP contribution in [0, 0.1) is 13.8 Å². The summed E-state index contributed by atoms with van der Waals surface area (Å²) in [5.41, 5.74) is 4.76. The molecule has 0 atom stereocenters. The molecule has 0 fully saturated rings. The molecule has 0 saturated carbocycles. The van der Waals surface area contributed by atoms with Gasteiger partial charge in [0.25, 0.3) is 5.91 Å². The Morgan fingerprint density at radius 3 is 2.58 bits per heavy atom. The summed E-state index contributed by atoms with van der Waals surface area (Å²) >= 11 is 6.55. The fourth-order valence-corrected chi connectivity index (χ4v) is 3.96. The highest BCUT2D eigenvalue weighted by molar-refractivity contribution is 6.30. The highest BCUT2D eigenvalue weighted by atomic mass is 35.5. The molecule has 158 valence electrons. The van der Waals surface area contributed by atoms with E-state index in [2.05, 4.69) is 18.0 Å². The Labute approximate surface area is 186 Å². The number of furan rings is 1. The maximum absolute atomic E-state index is 13.2. The Kier molecular flexibility index (Phi) is 5.96. The molecule has 0 saturated heterocycles. The molecule has 2 aromatic carbocycles. The van der Waals surface area contributed by atoms with Gasteiger partial charge in [0.05, 0.1) is 25.4 Å². The van der Waals surface area contributed by atoms with Gasteiger partial charge in [0.15, 0.2) is 5.76 Å². The van der Waals surface area contributed by atoms with Crippen molar-refractivity contribution < 1.29 is 13.9 Å². The molecule has 0 aliphatic heterocycles. The van der Waals surface area contributed by atoms with Gasteiger partial charge in [0.1, 0.15) is 10.9 Å². The normalized spacial score (nSPS) is 11.0. The van der Waals surface area contributed by atoms with E-state index >= 15 is 0 Å². The minimum Gasteiger partial charge on any atom is -0.496 e. The van der Waals surface area contributed by atoms with Gasteiger partial charge in [-0.2, -0.15) is 0 Å². The molecule has 0 aliphatic carbocycles. The first-order valence-corrected chi connectivity index (χ1v) is 10.3. The van der Waals surface area contributed by atoms with Crippen LogP contribution in [0.5, 0.6) is 5.75 Å². The predicted octanol–water partition coefficient (Wildman–Crippen LogP) is 5.95. The van der Waals surface area contributed by atoms with Crippen LogP contribution in [0.2, 0.25) is 5.15 Å². The van der Waals surface area contributed by atoms with Gasteiger partial charge in [-0.05, 0) is 55.3 Å². The van der Waals surface area contributed by atoms with Crippen LogP contribution in [0.3, 0.4) is 0 Å². The predicted molar refractivity (Wildman–Crippen MR) is 122 cm³/mol. The number of carbonyl (C=O) groups excluding carboxylic acids is 1. The minimum atomic E-state index is -0.229. The quantitative estimate of drug-likeness (QED) is 0.352. The number of halogens is 1. The molecule has 0 radical (unpaired) electrons. The summed E-state index contributed by atoms with van der Waals surface area (Å²) < 4.78 is 10.8. The molecular weight excluding hydrogens is 412 g/mol. The summed E-state index contributed by atoms with van der Waals surface area (Å²) in [5, 5.41) is 1.41. The maximum atomic E-state index is 13.2. The van der Waals surface area contributed by atoms with E-state index in [1.165, 1.54) is 6.26 Å². The van der Waals surface area contributed by atoms with Crippen molar-refractivity contribution in [1.82, 2.24) is 9.88 Å². The van der Waals surface area contributed by atoms with Crippen LogP contribution >= 0.6 is 11.6 Å². The zero-order valence-corrected chi connectivity index (χ0v) is 18.4. The van der Waals surface area contributed by atoms with Crippen LogP contribution in [-0.4, -0.2) is 22.9 Å². The van der Waals surface area contributed by atoms with E-state index < -0.39 is 0 Å². The number of amides is 1. The summed E-state index contributed by atoms with van der Waals surface area (Å²) in [4.78, 5) is 19.5. The number of hydrogen-bond donors (Lipinski definition) is 0. The zero-order chi connectivity index (χ0) is 22.0. The minimum absolute atomic E-state index is 0.229. The van der Waals surface area contributed by atoms with Crippen molar-refractivity contribution in [1.29, 1.82) is 0 Å². The largest absolute Gasteiger partial charge is 0.496 e. The fraction of sp³-hybridized carbons (Fsp3) is 0.200. The molecule has 1 amide bonds.